The molecule has 2 rings (SSSR count). The molecule has 0 fully saturated rings. The Morgan fingerprint density at radius 3 is 1.91 bits per heavy atom. The number of nitrogens with zero attached hydrogens (tertiary/aromatic N) is 1. The predicted octanol–water partition coefficient (Wildman–Crippen LogP) is 6.59. The van der Waals surface area contributed by atoms with E-state index in [0.29, 0.717) is 25.4 Å². The molecule has 0 saturated carbocycles. The highest BCUT2D eigenvalue weighted by atomic mass is 35.5. The number of carbonyl (C=O) groups excluding carboxylic acids is 1. The molecule has 8 heteroatoms. The third-order valence-corrected chi connectivity index (χ3v) is 8.89. The van der Waals surface area contributed by atoms with E-state index in [1.807, 2.05) is 63.2 Å². The Morgan fingerprint density at radius 2 is 1.44 bits per heavy atom. The van der Waals surface area contributed by atoms with Gasteiger partial charge >= 0.3 is 8.80 Å². The molecular formula is C26H39ClN2O4Si. The predicted molar refractivity (Wildman–Crippen MR) is 145 cm³/mol. The standard InChI is InChI=1S/C26H38N2O4Si.ClH/c1-7-30-33(31-8-2,32-9-3)22(6)19-20-28(24-13-11-10-12-14-24)25-17-15-23(16-18-25)27-26(29)21(4)5;/h10-18,22H,4,7-9,19-20H2,1-3,5-6H3,(H,27,29);1H. The fourth-order valence-electron chi connectivity index (χ4n) is 3.63. The Balaban J connectivity index is 0.00000578. The minimum atomic E-state index is -2.79. The van der Waals surface area contributed by atoms with Crippen molar-refractivity contribution < 1.29 is 18.1 Å². The van der Waals surface area contributed by atoms with Crippen LogP contribution in [-0.4, -0.2) is 41.1 Å². The van der Waals surface area contributed by atoms with Crippen molar-refractivity contribution in [3.63, 3.8) is 0 Å². The van der Waals surface area contributed by atoms with Crippen LogP contribution in [0.2, 0.25) is 5.54 Å². The van der Waals surface area contributed by atoms with Crippen LogP contribution in [-0.2, 0) is 18.1 Å². The van der Waals surface area contributed by atoms with Gasteiger partial charge in [0.1, 0.15) is 0 Å². The van der Waals surface area contributed by atoms with E-state index < -0.39 is 8.80 Å². The molecule has 188 valence electrons. The number of nitrogens with one attached hydrogen (secondary N) is 1. The van der Waals surface area contributed by atoms with Gasteiger partial charge in [-0.15, -0.1) is 12.4 Å². The lowest BCUT2D eigenvalue weighted by molar-refractivity contribution is -0.112. The van der Waals surface area contributed by atoms with Crippen LogP contribution >= 0.6 is 12.4 Å². The summed E-state index contributed by atoms with van der Waals surface area (Å²) in [6, 6.07) is 18.1. The molecule has 1 amide bonds. The van der Waals surface area contributed by atoms with E-state index in [4.69, 9.17) is 13.3 Å². The summed E-state index contributed by atoms with van der Waals surface area (Å²) in [6.07, 6.45) is 0.843. The Kier molecular flexibility index (Phi) is 13.1. The molecule has 6 nitrogen and oxygen atoms in total. The monoisotopic (exact) mass is 506 g/mol. The summed E-state index contributed by atoms with van der Waals surface area (Å²) in [5.41, 5.74) is 3.49. The van der Waals surface area contributed by atoms with E-state index in [2.05, 4.69) is 35.9 Å². The molecule has 2 aromatic carbocycles. The van der Waals surface area contributed by atoms with Crippen molar-refractivity contribution in [2.45, 2.75) is 46.6 Å². The van der Waals surface area contributed by atoms with Gasteiger partial charge in [-0.25, -0.2) is 0 Å². The smallest absolute Gasteiger partial charge is 0.374 e. The number of benzene rings is 2. The SMILES string of the molecule is C=C(C)C(=O)Nc1ccc(N(CCC(C)[Si](OCC)(OCC)OCC)c2ccccc2)cc1.Cl. The third-order valence-electron chi connectivity index (χ3n) is 5.32. The molecule has 1 atom stereocenters. The molecule has 1 N–H and O–H groups in total. The summed E-state index contributed by atoms with van der Waals surface area (Å²) in [4.78, 5) is 14.2. The topological polar surface area (TPSA) is 60.0 Å². The zero-order valence-electron chi connectivity index (χ0n) is 21.0. The Hall–Kier alpha value is -2.16. The second-order valence-electron chi connectivity index (χ2n) is 7.86. The van der Waals surface area contributed by atoms with Crippen molar-refractivity contribution >= 4 is 44.2 Å². The second-order valence-corrected chi connectivity index (χ2v) is 10.9. The van der Waals surface area contributed by atoms with Crippen molar-refractivity contribution in [3.8, 4) is 0 Å². The zero-order chi connectivity index (χ0) is 24.3. The first-order valence-corrected chi connectivity index (χ1v) is 13.5. The highest BCUT2D eigenvalue weighted by Gasteiger charge is 2.46. The van der Waals surface area contributed by atoms with Crippen molar-refractivity contribution in [1.82, 2.24) is 0 Å². The maximum Gasteiger partial charge on any atom is 0.503 e. The molecule has 2 aromatic rings. The lowest BCUT2D eigenvalue weighted by Gasteiger charge is -2.35. The number of rotatable bonds is 14. The lowest BCUT2D eigenvalue weighted by atomic mass is 10.2. The fraction of sp³-hybridized carbons (Fsp3) is 0.423. The molecule has 0 aliphatic rings. The summed E-state index contributed by atoms with van der Waals surface area (Å²) in [7, 11) is -2.79. The highest BCUT2D eigenvalue weighted by molar-refractivity contribution is 6.62. The molecule has 0 aliphatic carbocycles. The molecule has 0 saturated heterocycles. The number of carbonyl (C=O) groups is 1. The van der Waals surface area contributed by atoms with Crippen LogP contribution in [0.15, 0.2) is 66.7 Å². The van der Waals surface area contributed by atoms with Crippen LogP contribution in [0.1, 0.15) is 41.0 Å². The molecule has 0 aliphatic heterocycles. The summed E-state index contributed by atoms with van der Waals surface area (Å²) in [5, 5.41) is 2.86. The zero-order valence-corrected chi connectivity index (χ0v) is 22.8. The van der Waals surface area contributed by atoms with Crippen LogP contribution < -0.4 is 10.2 Å². The Labute approximate surface area is 212 Å². The van der Waals surface area contributed by atoms with Crippen LogP contribution in [0.4, 0.5) is 17.1 Å². The number of hydrogen-bond acceptors (Lipinski definition) is 5. The third kappa shape index (κ3) is 8.25. The fourth-order valence-corrected chi connectivity index (χ4v) is 6.43. The maximum atomic E-state index is 11.9. The molecule has 0 radical (unpaired) electrons. The van der Waals surface area contributed by atoms with Crippen LogP contribution in [0.5, 0.6) is 0 Å². The molecule has 0 spiro atoms. The Bertz CT molecular complexity index is 863. The van der Waals surface area contributed by atoms with Gasteiger partial charge in [-0.3, -0.25) is 4.79 Å². The van der Waals surface area contributed by atoms with Gasteiger partial charge in [0.25, 0.3) is 5.91 Å². The van der Waals surface area contributed by atoms with E-state index in [1.165, 1.54) is 0 Å². The number of halogens is 1. The summed E-state index contributed by atoms with van der Waals surface area (Å²) < 4.78 is 18.3. The number of anilines is 3. The van der Waals surface area contributed by atoms with Gasteiger partial charge in [-0.1, -0.05) is 31.7 Å². The summed E-state index contributed by atoms with van der Waals surface area (Å²) in [5.74, 6) is -0.180. The Morgan fingerprint density at radius 1 is 0.941 bits per heavy atom. The van der Waals surface area contributed by atoms with E-state index in [-0.39, 0.29) is 23.9 Å². The number of amides is 1. The largest absolute Gasteiger partial charge is 0.503 e. The van der Waals surface area contributed by atoms with Gasteiger partial charge in [0, 0.05) is 54.5 Å². The van der Waals surface area contributed by atoms with Crippen LogP contribution in [0, 0.1) is 0 Å². The second kappa shape index (κ2) is 15.0. The van der Waals surface area contributed by atoms with E-state index in [1.54, 1.807) is 6.92 Å². The molecule has 0 aromatic heterocycles. The van der Waals surface area contributed by atoms with Crippen molar-refractivity contribution in [3.05, 3.63) is 66.7 Å². The molecule has 34 heavy (non-hydrogen) atoms. The lowest BCUT2D eigenvalue weighted by Crippen LogP contribution is -2.50. The van der Waals surface area contributed by atoms with Crippen molar-refractivity contribution in [2.75, 3.05) is 36.6 Å². The van der Waals surface area contributed by atoms with Crippen molar-refractivity contribution in [1.29, 1.82) is 0 Å². The first kappa shape index (κ1) is 29.9. The van der Waals surface area contributed by atoms with Crippen molar-refractivity contribution in [2.24, 2.45) is 0 Å². The number of para-hydroxylation sites is 1. The van der Waals surface area contributed by atoms with E-state index >= 15 is 0 Å². The highest BCUT2D eigenvalue weighted by Crippen LogP contribution is 2.32. The average molecular weight is 507 g/mol. The van der Waals surface area contributed by atoms with Gasteiger partial charge in [0.15, 0.2) is 0 Å². The maximum absolute atomic E-state index is 11.9. The van der Waals surface area contributed by atoms with Gasteiger partial charge in [-0.2, -0.15) is 0 Å². The first-order valence-electron chi connectivity index (χ1n) is 11.7. The normalized spacial score (nSPS) is 11.9. The van der Waals surface area contributed by atoms with Gasteiger partial charge in [-0.05, 0) is 70.5 Å². The minimum Gasteiger partial charge on any atom is -0.374 e. The first-order chi connectivity index (χ1) is 15.9. The quantitative estimate of drug-likeness (QED) is 0.231. The molecule has 0 heterocycles. The molecular weight excluding hydrogens is 468 g/mol. The van der Waals surface area contributed by atoms with E-state index in [0.717, 1.165) is 30.0 Å². The van der Waals surface area contributed by atoms with Crippen LogP contribution in [0.25, 0.3) is 0 Å². The molecule has 1 unspecified atom stereocenters. The van der Waals surface area contributed by atoms with E-state index in [9.17, 15) is 4.79 Å². The molecule has 0 bridgehead atoms. The van der Waals surface area contributed by atoms with Gasteiger partial charge in [0.05, 0.1) is 0 Å². The minimum absolute atomic E-state index is 0. The van der Waals surface area contributed by atoms with Crippen LogP contribution in [0.3, 0.4) is 0 Å². The number of hydrogen-bond donors (Lipinski definition) is 1. The summed E-state index contributed by atoms with van der Waals surface area (Å²) >= 11 is 0. The van der Waals surface area contributed by atoms with Gasteiger partial charge in [0.2, 0.25) is 0 Å². The van der Waals surface area contributed by atoms with Gasteiger partial charge < -0.3 is 23.5 Å². The average Bonchev–Trinajstić information content (AvgIpc) is 2.81. The summed E-state index contributed by atoms with van der Waals surface area (Å²) in [6.45, 7) is 16.0.